The van der Waals surface area contributed by atoms with Crippen LogP contribution in [-0.2, 0) is 16.0 Å². The normalized spacial score (nSPS) is 30.3. The number of benzene rings is 1. The molecule has 3 saturated carbocycles. The molecule has 4 rings (SSSR count). The van der Waals surface area contributed by atoms with Gasteiger partial charge in [-0.1, -0.05) is 50.6 Å². The Morgan fingerprint density at radius 3 is 2.21 bits per heavy atom. The van der Waals surface area contributed by atoms with Gasteiger partial charge in [0.25, 0.3) is 0 Å². The number of unbranched alkanes of at least 4 members (excludes halogenated alkanes) is 2. The lowest BCUT2D eigenvalue weighted by Gasteiger charge is -2.46. The molecule has 3 fully saturated rings. The molecule has 38 heavy (non-hydrogen) atoms. The highest BCUT2D eigenvalue weighted by molar-refractivity contribution is 5.86. The molecule has 1 N–H and O–H groups in total. The Kier molecular flexibility index (Phi) is 11.4. The van der Waals surface area contributed by atoms with E-state index in [0.29, 0.717) is 18.1 Å². The zero-order valence-electron chi connectivity index (χ0n) is 24.3. The summed E-state index contributed by atoms with van der Waals surface area (Å²) in [7, 11) is 0. The van der Waals surface area contributed by atoms with Crippen LogP contribution < -0.4 is 0 Å². The number of aryl methyl sites for hydroxylation is 1. The second-order valence-corrected chi connectivity index (χ2v) is 13.1. The first-order chi connectivity index (χ1) is 18.5. The Balaban J connectivity index is 1.22. The average Bonchev–Trinajstić information content (AvgIpc) is 2.95. The van der Waals surface area contributed by atoms with Gasteiger partial charge in [-0.2, -0.15) is 0 Å². The van der Waals surface area contributed by atoms with Gasteiger partial charge in [-0.3, -0.25) is 0 Å². The van der Waals surface area contributed by atoms with Gasteiger partial charge in [0, 0.05) is 12.2 Å². The number of ether oxygens (including phenoxy) is 1. The molecule has 1 aromatic rings. The molecule has 0 spiro atoms. The number of aliphatic hydroxyl groups is 1. The highest BCUT2D eigenvalue weighted by atomic mass is 16.5. The maximum absolute atomic E-state index is 11.9. The van der Waals surface area contributed by atoms with Crippen molar-refractivity contribution in [1.29, 1.82) is 0 Å². The zero-order chi connectivity index (χ0) is 26.9. The minimum atomic E-state index is -0.299. The van der Waals surface area contributed by atoms with E-state index in [2.05, 4.69) is 37.8 Å². The van der Waals surface area contributed by atoms with Crippen molar-refractivity contribution in [2.75, 3.05) is 13.2 Å². The zero-order valence-corrected chi connectivity index (χ0v) is 24.3. The van der Waals surface area contributed by atoms with Crippen LogP contribution in [0.15, 0.2) is 36.4 Å². The van der Waals surface area contributed by atoms with Gasteiger partial charge in [0.15, 0.2) is 0 Å². The van der Waals surface area contributed by atoms with Crippen LogP contribution in [0.25, 0.3) is 0 Å². The van der Waals surface area contributed by atoms with Gasteiger partial charge in [0.2, 0.25) is 0 Å². The lowest BCUT2D eigenvalue weighted by molar-refractivity contribution is -0.141. The fourth-order valence-corrected chi connectivity index (χ4v) is 8.21. The fraction of sp³-hybridized carbons (Fsp3) is 0.743. The molecule has 0 aromatic heterocycles. The third kappa shape index (κ3) is 7.96. The molecule has 5 atom stereocenters. The number of esters is 1. The molecule has 3 nitrogen and oxygen atoms in total. The monoisotopic (exact) mass is 522 g/mol. The lowest BCUT2D eigenvalue weighted by Crippen LogP contribution is -2.35. The van der Waals surface area contributed by atoms with Gasteiger partial charge in [-0.15, -0.1) is 0 Å². The van der Waals surface area contributed by atoms with Crippen molar-refractivity contribution in [2.24, 2.45) is 35.5 Å². The summed E-state index contributed by atoms with van der Waals surface area (Å²) in [6.07, 6.45) is 19.5. The number of rotatable bonds is 12. The van der Waals surface area contributed by atoms with Crippen molar-refractivity contribution < 1.29 is 14.6 Å². The summed E-state index contributed by atoms with van der Waals surface area (Å²) in [6, 6.07) is 9.69. The first-order valence-electron chi connectivity index (χ1n) is 16.0. The van der Waals surface area contributed by atoms with Crippen molar-refractivity contribution in [3.63, 3.8) is 0 Å². The quantitative estimate of drug-likeness (QED) is 0.170. The van der Waals surface area contributed by atoms with Gasteiger partial charge in [0.1, 0.15) is 0 Å². The van der Waals surface area contributed by atoms with Gasteiger partial charge < -0.3 is 9.84 Å². The van der Waals surface area contributed by atoms with Gasteiger partial charge in [0.05, 0.1) is 6.61 Å². The van der Waals surface area contributed by atoms with E-state index in [0.717, 1.165) is 36.0 Å². The van der Waals surface area contributed by atoms with Gasteiger partial charge in [-0.25, -0.2) is 4.79 Å². The minimum Gasteiger partial charge on any atom is -0.462 e. The SMILES string of the molecule is C=C(C)C(=O)OCC(CCO)C1CCC(C2CCC3CC(c4ccc(CCCCC)cc4)CCC3C2)CC1. The Hall–Kier alpha value is -1.61. The molecule has 0 bridgehead atoms. The number of hydrogen-bond acceptors (Lipinski definition) is 3. The third-order valence-corrected chi connectivity index (χ3v) is 10.6. The summed E-state index contributed by atoms with van der Waals surface area (Å²) in [6.45, 7) is 8.27. The Bertz CT molecular complexity index is 866. The smallest absolute Gasteiger partial charge is 0.333 e. The summed E-state index contributed by atoms with van der Waals surface area (Å²) in [5.74, 6) is 4.98. The first-order valence-corrected chi connectivity index (χ1v) is 16.0. The van der Waals surface area contributed by atoms with Crippen molar-refractivity contribution in [3.8, 4) is 0 Å². The Morgan fingerprint density at radius 1 is 0.921 bits per heavy atom. The van der Waals surface area contributed by atoms with Crippen LogP contribution in [0.2, 0.25) is 0 Å². The lowest BCUT2D eigenvalue weighted by atomic mass is 9.60. The van der Waals surface area contributed by atoms with Crippen molar-refractivity contribution in [3.05, 3.63) is 47.5 Å². The van der Waals surface area contributed by atoms with E-state index < -0.39 is 0 Å². The van der Waals surface area contributed by atoms with Crippen LogP contribution in [0.1, 0.15) is 121 Å². The molecule has 5 unspecified atom stereocenters. The highest BCUT2D eigenvalue weighted by Crippen LogP contribution is 2.51. The second kappa shape index (κ2) is 14.7. The summed E-state index contributed by atoms with van der Waals surface area (Å²) in [5.41, 5.74) is 3.56. The molecule has 0 amide bonds. The topological polar surface area (TPSA) is 46.5 Å². The molecule has 212 valence electrons. The Morgan fingerprint density at radius 2 is 1.55 bits per heavy atom. The first kappa shape index (κ1) is 29.4. The number of aliphatic hydroxyl groups excluding tert-OH is 1. The van der Waals surface area contributed by atoms with Gasteiger partial charge in [-0.05, 0) is 143 Å². The highest BCUT2D eigenvalue weighted by Gasteiger charge is 2.39. The van der Waals surface area contributed by atoms with Crippen molar-refractivity contribution in [1.82, 2.24) is 0 Å². The molecule has 0 aliphatic heterocycles. The summed E-state index contributed by atoms with van der Waals surface area (Å²) in [4.78, 5) is 11.9. The van der Waals surface area contributed by atoms with E-state index in [-0.39, 0.29) is 18.5 Å². The molecular weight excluding hydrogens is 468 g/mol. The fourth-order valence-electron chi connectivity index (χ4n) is 8.21. The predicted octanol–water partition coefficient (Wildman–Crippen LogP) is 8.64. The molecule has 1 aromatic carbocycles. The third-order valence-electron chi connectivity index (χ3n) is 10.6. The van der Waals surface area contributed by atoms with E-state index in [1.807, 2.05) is 0 Å². The van der Waals surface area contributed by atoms with Crippen molar-refractivity contribution in [2.45, 2.75) is 116 Å². The summed E-state index contributed by atoms with van der Waals surface area (Å²) >= 11 is 0. The predicted molar refractivity (Wildman–Crippen MR) is 157 cm³/mol. The summed E-state index contributed by atoms with van der Waals surface area (Å²) in [5, 5.41) is 9.59. The number of hydrogen-bond donors (Lipinski definition) is 1. The molecule has 3 aliphatic rings. The number of carbonyl (C=O) groups excluding carboxylic acids is 1. The van der Waals surface area contributed by atoms with Crippen LogP contribution in [0, 0.1) is 35.5 Å². The number of carbonyl (C=O) groups is 1. The maximum Gasteiger partial charge on any atom is 0.333 e. The van der Waals surface area contributed by atoms with E-state index >= 15 is 0 Å². The van der Waals surface area contributed by atoms with Crippen molar-refractivity contribution >= 4 is 5.97 Å². The van der Waals surface area contributed by atoms with E-state index in [4.69, 9.17) is 4.74 Å². The molecule has 3 aliphatic carbocycles. The molecular formula is C35H54O3. The van der Waals surface area contributed by atoms with Crippen LogP contribution in [0.5, 0.6) is 0 Å². The minimum absolute atomic E-state index is 0.172. The van der Waals surface area contributed by atoms with Crippen LogP contribution in [0.3, 0.4) is 0 Å². The summed E-state index contributed by atoms with van der Waals surface area (Å²) < 4.78 is 5.49. The second-order valence-electron chi connectivity index (χ2n) is 13.1. The van der Waals surface area contributed by atoms with Crippen LogP contribution >= 0.6 is 0 Å². The van der Waals surface area contributed by atoms with E-state index in [1.54, 1.807) is 12.5 Å². The van der Waals surface area contributed by atoms with E-state index in [9.17, 15) is 9.90 Å². The molecule has 3 heteroatoms. The molecule has 0 heterocycles. The molecule has 0 radical (unpaired) electrons. The van der Waals surface area contributed by atoms with E-state index in [1.165, 1.54) is 95.5 Å². The van der Waals surface area contributed by atoms with Crippen LogP contribution in [0.4, 0.5) is 0 Å². The van der Waals surface area contributed by atoms with Gasteiger partial charge >= 0.3 is 5.97 Å². The maximum atomic E-state index is 11.9. The van der Waals surface area contributed by atoms with Crippen LogP contribution in [-0.4, -0.2) is 24.3 Å². The molecule has 0 saturated heterocycles. The Labute approximate surface area is 232 Å². The largest absolute Gasteiger partial charge is 0.462 e. The standard InChI is InChI=1S/C35H54O3/c1-4-5-6-7-26-8-10-27(11-9-26)30-16-18-33-23-31(17-19-32(33)22-30)28-12-14-29(15-13-28)34(20-21-36)24-38-35(37)25(2)3/h8-11,28-34,36H,2,4-7,12-24H2,1,3H3. The number of fused-ring (bicyclic) bond motifs is 1. The average molecular weight is 523 g/mol.